The van der Waals surface area contributed by atoms with Gasteiger partial charge in [-0.05, 0) is 36.1 Å². The number of thioether (sulfide) groups is 1. The zero-order chi connectivity index (χ0) is 21.5. The first-order valence-electron chi connectivity index (χ1n) is 9.04. The van der Waals surface area contributed by atoms with E-state index in [4.69, 9.17) is 0 Å². The highest BCUT2D eigenvalue weighted by Gasteiger charge is 2.19. The third-order valence-electron chi connectivity index (χ3n) is 4.35. The lowest BCUT2D eigenvalue weighted by Gasteiger charge is -2.12. The Bertz CT molecular complexity index is 1090. The van der Waals surface area contributed by atoms with Gasteiger partial charge in [0.2, 0.25) is 0 Å². The number of anilines is 1. The molecular weight excluding hydrogens is 402 g/mol. The molecule has 3 rings (SSSR count). The average molecular weight is 421 g/mol. The molecule has 0 aliphatic heterocycles. The van der Waals surface area contributed by atoms with Gasteiger partial charge >= 0.3 is 0 Å². The van der Waals surface area contributed by atoms with E-state index in [9.17, 15) is 19.7 Å². The van der Waals surface area contributed by atoms with Crippen molar-refractivity contribution in [3.63, 3.8) is 0 Å². The zero-order valence-corrected chi connectivity index (χ0v) is 16.9. The smallest absolute Gasteiger partial charge is 0.283 e. The molecule has 2 N–H and O–H groups in total. The van der Waals surface area contributed by atoms with Gasteiger partial charge in [-0.3, -0.25) is 19.7 Å². The van der Waals surface area contributed by atoms with Crippen molar-refractivity contribution in [2.24, 2.45) is 0 Å². The quantitative estimate of drug-likeness (QED) is 0.332. The molecule has 2 amide bonds. The second-order valence-electron chi connectivity index (χ2n) is 6.31. The summed E-state index contributed by atoms with van der Waals surface area (Å²) in [6.45, 7) is 0.351. The topological polar surface area (TPSA) is 101 Å². The molecule has 8 heteroatoms. The van der Waals surface area contributed by atoms with E-state index in [1.807, 2.05) is 30.3 Å². The van der Waals surface area contributed by atoms with E-state index >= 15 is 0 Å². The Labute approximate surface area is 177 Å². The van der Waals surface area contributed by atoms with Crippen LogP contribution in [-0.2, 0) is 6.54 Å². The number of nitrogens with one attached hydrogen (secondary N) is 2. The van der Waals surface area contributed by atoms with Crippen molar-refractivity contribution in [1.82, 2.24) is 5.32 Å². The van der Waals surface area contributed by atoms with E-state index in [0.717, 1.165) is 5.56 Å². The lowest BCUT2D eigenvalue weighted by Crippen LogP contribution is -2.24. The molecule has 0 saturated heterocycles. The minimum absolute atomic E-state index is 0.135. The predicted molar refractivity (Wildman–Crippen MR) is 117 cm³/mol. The summed E-state index contributed by atoms with van der Waals surface area (Å²) in [6, 6.07) is 20.4. The molecule has 0 spiro atoms. The van der Waals surface area contributed by atoms with Gasteiger partial charge in [0, 0.05) is 18.2 Å². The van der Waals surface area contributed by atoms with E-state index < -0.39 is 10.8 Å². The molecular formula is C22H19N3O4S. The number of para-hydroxylation sites is 1. The number of nitro benzene ring substituents is 1. The third-order valence-corrected chi connectivity index (χ3v) is 5.14. The summed E-state index contributed by atoms with van der Waals surface area (Å²) in [5, 5.41) is 16.8. The maximum atomic E-state index is 12.7. The standard InChI is InChI=1S/C22H19N3O4S/c1-30-20-12-11-16(13-19(20)25(28)29)21(26)24-18-10-6-5-9-17(18)22(27)23-14-15-7-3-2-4-8-15/h2-13H,14H2,1H3,(H,23,27)(H,24,26). The van der Waals surface area contributed by atoms with E-state index in [0.29, 0.717) is 22.7 Å². The minimum atomic E-state index is -0.533. The van der Waals surface area contributed by atoms with Crippen molar-refractivity contribution < 1.29 is 14.5 Å². The van der Waals surface area contributed by atoms with Crippen LogP contribution in [0.5, 0.6) is 0 Å². The highest BCUT2D eigenvalue weighted by molar-refractivity contribution is 7.98. The first-order valence-corrected chi connectivity index (χ1v) is 10.3. The number of carbonyl (C=O) groups is 2. The highest BCUT2D eigenvalue weighted by atomic mass is 32.2. The van der Waals surface area contributed by atoms with Crippen LogP contribution in [0.25, 0.3) is 0 Å². The maximum absolute atomic E-state index is 12.7. The summed E-state index contributed by atoms with van der Waals surface area (Å²) in [7, 11) is 0. The Balaban J connectivity index is 1.77. The summed E-state index contributed by atoms with van der Waals surface area (Å²) in [6.07, 6.45) is 1.73. The Hall–Kier alpha value is -3.65. The minimum Gasteiger partial charge on any atom is -0.348 e. The van der Waals surface area contributed by atoms with Gasteiger partial charge in [0.1, 0.15) is 0 Å². The molecule has 3 aromatic rings. The van der Waals surface area contributed by atoms with Gasteiger partial charge in [-0.2, -0.15) is 0 Å². The van der Waals surface area contributed by atoms with Gasteiger partial charge < -0.3 is 10.6 Å². The van der Waals surface area contributed by atoms with Gasteiger partial charge in [0.05, 0.1) is 21.1 Å². The van der Waals surface area contributed by atoms with E-state index in [1.165, 1.54) is 30.0 Å². The van der Waals surface area contributed by atoms with Crippen molar-refractivity contribution >= 4 is 35.0 Å². The Morgan fingerprint density at radius 3 is 2.37 bits per heavy atom. The molecule has 30 heavy (non-hydrogen) atoms. The van der Waals surface area contributed by atoms with Crippen LogP contribution in [0.1, 0.15) is 26.3 Å². The monoisotopic (exact) mass is 421 g/mol. The van der Waals surface area contributed by atoms with Gasteiger partial charge in [0.15, 0.2) is 0 Å². The molecule has 0 unspecified atom stereocenters. The fourth-order valence-electron chi connectivity index (χ4n) is 2.83. The lowest BCUT2D eigenvalue weighted by atomic mass is 10.1. The van der Waals surface area contributed by atoms with Crippen LogP contribution < -0.4 is 10.6 Å². The molecule has 0 fully saturated rings. The van der Waals surface area contributed by atoms with Gasteiger partial charge in [-0.15, -0.1) is 11.8 Å². The highest BCUT2D eigenvalue weighted by Crippen LogP contribution is 2.28. The lowest BCUT2D eigenvalue weighted by molar-refractivity contribution is -0.387. The molecule has 0 aromatic heterocycles. The average Bonchev–Trinajstić information content (AvgIpc) is 2.78. The number of amides is 2. The zero-order valence-electron chi connectivity index (χ0n) is 16.1. The molecule has 0 saturated carbocycles. The molecule has 0 bridgehead atoms. The predicted octanol–water partition coefficient (Wildman–Crippen LogP) is 4.50. The molecule has 0 heterocycles. The van der Waals surface area contributed by atoms with Crippen LogP contribution in [0, 0.1) is 10.1 Å². The SMILES string of the molecule is CSc1ccc(C(=O)Nc2ccccc2C(=O)NCc2ccccc2)cc1[N+](=O)[O-]. The summed E-state index contributed by atoms with van der Waals surface area (Å²) >= 11 is 1.23. The molecule has 0 atom stereocenters. The van der Waals surface area contributed by atoms with Crippen LogP contribution in [0.2, 0.25) is 0 Å². The summed E-state index contributed by atoms with van der Waals surface area (Å²) < 4.78 is 0. The summed E-state index contributed by atoms with van der Waals surface area (Å²) in [5.74, 6) is -0.868. The number of carbonyl (C=O) groups excluding carboxylic acids is 2. The molecule has 3 aromatic carbocycles. The van der Waals surface area contributed by atoms with E-state index in [1.54, 1.807) is 30.5 Å². The van der Waals surface area contributed by atoms with Crippen molar-refractivity contribution in [1.29, 1.82) is 0 Å². The van der Waals surface area contributed by atoms with Crippen molar-refractivity contribution in [2.75, 3.05) is 11.6 Å². The number of hydrogen-bond acceptors (Lipinski definition) is 5. The van der Waals surface area contributed by atoms with E-state index in [2.05, 4.69) is 10.6 Å². The maximum Gasteiger partial charge on any atom is 0.283 e. The summed E-state index contributed by atoms with van der Waals surface area (Å²) in [4.78, 5) is 36.5. The van der Waals surface area contributed by atoms with Gasteiger partial charge in [-0.1, -0.05) is 42.5 Å². The van der Waals surface area contributed by atoms with Gasteiger partial charge in [0.25, 0.3) is 17.5 Å². The largest absolute Gasteiger partial charge is 0.348 e. The van der Waals surface area contributed by atoms with Gasteiger partial charge in [-0.25, -0.2) is 0 Å². The van der Waals surface area contributed by atoms with Crippen LogP contribution >= 0.6 is 11.8 Å². The molecule has 0 aliphatic carbocycles. The van der Waals surface area contributed by atoms with E-state index in [-0.39, 0.29) is 17.2 Å². The van der Waals surface area contributed by atoms with Crippen LogP contribution in [0.15, 0.2) is 77.7 Å². The fourth-order valence-corrected chi connectivity index (χ4v) is 3.38. The second kappa shape index (κ2) is 9.71. The van der Waals surface area contributed by atoms with Crippen LogP contribution in [0.4, 0.5) is 11.4 Å². The number of hydrogen-bond donors (Lipinski definition) is 2. The second-order valence-corrected chi connectivity index (χ2v) is 7.16. The summed E-state index contributed by atoms with van der Waals surface area (Å²) in [5.41, 5.74) is 1.58. The molecule has 7 nitrogen and oxygen atoms in total. The molecule has 0 radical (unpaired) electrons. The Morgan fingerprint density at radius 1 is 0.967 bits per heavy atom. The Morgan fingerprint density at radius 2 is 1.67 bits per heavy atom. The Kier molecular flexibility index (Phi) is 6.82. The first kappa shape index (κ1) is 21.1. The number of rotatable bonds is 7. The van der Waals surface area contributed by atoms with Crippen LogP contribution in [-0.4, -0.2) is 23.0 Å². The number of benzene rings is 3. The van der Waals surface area contributed by atoms with Crippen molar-refractivity contribution in [3.8, 4) is 0 Å². The van der Waals surface area contributed by atoms with Crippen molar-refractivity contribution in [3.05, 3.63) is 99.6 Å². The normalized spacial score (nSPS) is 10.3. The van der Waals surface area contributed by atoms with Crippen molar-refractivity contribution in [2.45, 2.75) is 11.4 Å². The number of nitro groups is 1. The fraction of sp³-hybridized carbons (Fsp3) is 0.0909. The molecule has 0 aliphatic rings. The molecule has 152 valence electrons. The third kappa shape index (κ3) is 5.03. The van der Waals surface area contributed by atoms with Crippen LogP contribution in [0.3, 0.4) is 0 Å². The number of nitrogens with zero attached hydrogens (tertiary/aromatic N) is 1. The first-order chi connectivity index (χ1) is 14.5.